The summed E-state index contributed by atoms with van der Waals surface area (Å²) >= 11 is 0. The molecule has 78 valence electrons. The lowest BCUT2D eigenvalue weighted by Gasteiger charge is -2.21. The number of fused-ring (bicyclic) bond motifs is 1. The van der Waals surface area contributed by atoms with E-state index in [0.717, 1.165) is 0 Å². The molecular formula is C11H10O4. The summed E-state index contributed by atoms with van der Waals surface area (Å²) in [5.74, 6) is -1.13. The molecule has 1 aliphatic heterocycles. The lowest BCUT2D eigenvalue weighted by molar-refractivity contribution is -0.140. The number of ether oxygens (including phenoxy) is 2. The maximum Gasteiger partial charge on any atom is 0.349 e. The summed E-state index contributed by atoms with van der Waals surface area (Å²) in [4.78, 5) is 22.8. The summed E-state index contributed by atoms with van der Waals surface area (Å²) in [7, 11) is 1.48. The van der Waals surface area contributed by atoms with E-state index in [4.69, 9.17) is 4.74 Å². The summed E-state index contributed by atoms with van der Waals surface area (Å²) in [5, 5.41) is 0. The quantitative estimate of drug-likeness (QED) is 0.516. The van der Waals surface area contributed by atoms with Crippen molar-refractivity contribution in [2.24, 2.45) is 0 Å². The largest absolute Gasteiger partial charge is 0.496 e. The number of hydrogen-bond donors (Lipinski definition) is 0. The van der Waals surface area contributed by atoms with Crippen molar-refractivity contribution in [1.82, 2.24) is 0 Å². The minimum atomic E-state index is -0.634. The third-order valence-electron chi connectivity index (χ3n) is 2.50. The average Bonchev–Trinajstić information content (AvgIpc) is 2.25. The molecule has 0 N–H and O–H groups in total. The normalized spacial score (nSPS) is 19.5. The summed E-state index contributed by atoms with van der Waals surface area (Å²) < 4.78 is 9.66. The second-order valence-electron chi connectivity index (χ2n) is 3.35. The Hall–Kier alpha value is -1.84. The topological polar surface area (TPSA) is 52.6 Å². The molecule has 0 saturated carbocycles. The van der Waals surface area contributed by atoms with E-state index in [1.54, 1.807) is 25.1 Å². The number of carbonyl (C=O) groups is 2. The Morgan fingerprint density at radius 1 is 1.33 bits per heavy atom. The predicted molar refractivity (Wildman–Crippen MR) is 51.8 cm³/mol. The molecule has 1 aromatic rings. The first kappa shape index (κ1) is 9.71. The van der Waals surface area contributed by atoms with E-state index < -0.39 is 17.9 Å². The lowest BCUT2D eigenvalue weighted by Crippen LogP contribution is -2.26. The summed E-state index contributed by atoms with van der Waals surface area (Å²) in [6, 6.07) is 5.16. The van der Waals surface area contributed by atoms with Crippen LogP contribution in [0.4, 0.5) is 0 Å². The van der Waals surface area contributed by atoms with E-state index in [2.05, 4.69) is 4.74 Å². The average molecular weight is 206 g/mol. The van der Waals surface area contributed by atoms with Crippen LogP contribution in [0.5, 0.6) is 5.75 Å². The Balaban J connectivity index is 2.64. The van der Waals surface area contributed by atoms with Gasteiger partial charge in [0, 0.05) is 0 Å². The highest BCUT2D eigenvalue weighted by atomic mass is 16.6. The number of esters is 2. The monoisotopic (exact) mass is 206 g/mol. The van der Waals surface area contributed by atoms with Gasteiger partial charge in [0.2, 0.25) is 0 Å². The van der Waals surface area contributed by atoms with Crippen LogP contribution in [0.2, 0.25) is 0 Å². The van der Waals surface area contributed by atoms with Crippen molar-refractivity contribution >= 4 is 11.9 Å². The van der Waals surface area contributed by atoms with Crippen LogP contribution in [0.25, 0.3) is 0 Å². The zero-order valence-electron chi connectivity index (χ0n) is 8.44. The highest BCUT2D eigenvalue weighted by Crippen LogP contribution is 2.33. The Kier molecular flexibility index (Phi) is 2.19. The standard InChI is InChI=1S/C11H10O4/c1-6-7-4-3-5-8(14-2)9(7)11(13)15-10(6)12/h3-6H,1-2H3. The first-order valence-corrected chi connectivity index (χ1v) is 4.58. The smallest absolute Gasteiger partial charge is 0.349 e. The summed E-state index contributed by atoms with van der Waals surface area (Å²) in [6.45, 7) is 1.70. The van der Waals surface area contributed by atoms with Gasteiger partial charge in [-0.3, -0.25) is 4.79 Å². The molecule has 1 unspecified atom stereocenters. The van der Waals surface area contributed by atoms with Crippen molar-refractivity contribution in [3.05, 3.63) is 29.3 Å². The van der Waals surface area contributed by atoms with Crippen molar-refractivity contribution in [2.45, 2.75) is 12.8 Å². The summed E-state index contributed by atoms with van der Waals surface area (Å²) in [6.07, 6.45) is 0. The van der Waals surface area contributed by atoms with Crippen LogP contribution >= 0.6 is 0 Å². The highest BCUT2D eigenvalue weighted by molar-refractivity contribution is 6.05. The van der Waals surface area contributed by atoms with Gasteiger partial charge in [0.25, 0.3) is 0 Å². The van der Waals surface area contributed by atoms with Crippen molar-refractivity contribution in [1.29, 1.82) is 0 Å². The zero-order chi connectivity index (χ0) is 11.0. The van der Waals surface area contributed by atoms with Crippen LogP contribution in [0.1, 0.15) is 28.8 Å². The van der Waals surface area contributed by atoms with E-state index in [1.807, 2.05) is 0 Å². The zero-order valence-corrected chi connectivity index (χ0v) is 8.44. The van der Waals surface area contributed by atoms with Crippen LogP contribution in [0.15, 0.2) is 18.2 Å². The SMILES string of the molecule is COc1cccc2c1C(=O)OC(=O)C2C. The fourth-order valence-corrected chi connectivity index (χ4v) is 1.66. The fourth-order valence-electron chi connectivity index (χ4n) is 1.66. The minimum Gasteiger partial charge on any atom is -0.496 e. The highest BCUT2D eigenvalue weighted by Gasteiger charge is 2.33. The van der Waals surface area contributed by atoms with Gasteiger partial charge in [0.15, 0.2) is 0 Å². The summed E-state index contributed by atoms with van der Waals surface area (Å²) in [5.41, 5.74) is 1.02. The van der Waals surface area contributed by atoms with Gasteiger partial charge >= 0.3 is 11.9 Å². The van der Waals surface area contributed by atoms with Gasteiger partial charge in [0.1, 0.15) is 11.3 Å². The van der Waals surface area contributed by atoms with Crippen molar-refractivity contribution < 1.29 is 19.1 Å². The van der Waals surface area contributed by atoms with E-state index in [-0.39, 0.29) is 0 Å². The maximum absolute atomic E-state index is 11.5. The molecular weight excluding hydrogens is 196 g/mol. The van der Waals surface area contributed by atoms with Crippen molar-refractivity contribution in [3.8, 4) is 5.75 Å². The molecule has 4 nitrogen and oxygen atoms in total. The molecule has 0 saturated heterocycles. The van der Waals surface area contributed by atoms with Crippen molar-refractivity contribution in [2.75, 3.05) is 7.11 Å². The molecule has 1 atom stereocenters. The van der Waals surface area contributed by atoms with Crippen LogP contribution < -0.4 is 4.74 Å². The van der Waals surface area contributed by atoms with E-state index in [0.29, 0.717) is 16.9 Å². The number of carbonyl (C=O) groups excluding carboxylic acids is 2. The number of cyclic esters (lactones) is 2. The molecule has 15 heavy (non-hydrogen) atoms. The van der Waals surface area contributed by atoms with Gasteiger partial charge in [-0.2, -0.15) is 0 Å². The van der Waals surface area contributed by atoms with Crippen LogP contribution in [0.3, 0.4) is 0 Å². The number of methoxy groups -OCH3 is 1. The second kappa shape index (κ2) is 3.38. The molecule has 0 aromatic heterocycles. The number of rotatable bonds is 1. The predicted octanol–water partition coefficient (Wildman–Crippen LogP) is 1.50. The first-order chi connectivity index (χ1) is 7.15. The minimum absolute atomic E-state index is 0.354. The third kappa shape index (κ3) is 1.38. The molecule has 0 aliphatic carbocycles. The van der Waals surface area contributed by atoms with Crippen LogP contribution in [-0.2, 0) is 9.53 Å². The molecule has 1 aromatic carbocycles. The molecule has 0 radical (unpaired) electrons. The van der Waals surface area contributed by atoms with Crippen LogP contribution in [0, 0.1) is 0 Å². The molecule has 0 spiro atoms. The third-order valence-corrected chi connectivity index (χ3v) is 2.50. The number of hydrogen-bond acceptors (Lipinski definition) is 4. The lowest BCUT2D eigenvalue weighted by atomic mass is 9.93. The fraction of sp³-hybridized carbons (Fsp3) is 0.273. The number of benzene rings is 1. The maximum atomic E-state index is 11.5. The molecule has 0 fully saturated rings. The van der Waals surface area contributed by atoms with Gasteiger partial charge in [-0.15, -0.1) is 0 Å². The van der Waals surface area contributed by atoms with Gasteiger partial charge in [-0.1, -0.05) is 12.1 Å². The molecule has 2 rings (SSSR count). The molecule has 1 aliphatic rings. The molecule has 4 heteroatoms. The van der Waals surface area contributed by atoms with Gasteiger partial charge < -0.3 is 9.47 Å². The molecule has 1 heterocycles. The van der Waals surface area contributed by atoms with E-state index in [9.17, 15) is 9.59 Å². The van der Waals surface area contributed by atoms with Gasteiger partial charge in [0.05, 0.1) is 13.0 Å². The van der Waals surface area contributed by atoms with E-state index in [1.165, 1.54) is 7.11 Å². The van der Waals surface area contributed by atoms with Crippen LogP contribution in [-0.4, -0.2) is 19.0 Å². The molecule has 0 bridgehead atoms. The molecule has 0 amide bonds. The second-order valence-corrected chi connectivity index (χ2v) is 3.35. The first-order valence-electron chi connectivity index (χ1n) is 4.58. The van der Waals surface area contributed by atoms with E-state index >= 15 is 0 Å². The van der Waals surface area contributed by atoms with Gasteiger partial charge in [-0.25, -0.2) is 4.79 Å². The van der Waals surface area contributed by atoms with Crippen molar-refractivity contribution in [3.63, 3.8) is 0 Å². The Morgan fingerprint density at radius 3 is 2.73 bits per heavy atom. The Bertz CT molecular complexity index is 436. The Labute approximate surface area is 86.8 Å². The Morgan fingerprint density at radius 2 is 2.07 bits per heavy atom. The van der Waals surface area contributed by atoms with Gasteiger partial charge in [-0.05, 0) is 18.6 Å².